The highest BCUT2D eigenvalue weighted by Crippen LogP contribution is 2.31. The zero-order chi connectivity index (χ0) is 13.1. The first kappa shape index (κ1) is 13.1. The molecule has 0 saturated carbocycles. The van der Waals surface area contributed by atoms with E-state index in [1.807, 2.05) is 6.07 Å². The molecule has 0 amide bonds. The number of halogens is 3. The second-order valence-corrected chi connectivity index (χ2v) is 3.05. The number of nitrogen functional groups attached to an aromatic ring is 1. The Morgan fingerprint density at radius 2 is 2.12 bits per heavy atom. The van der Waals surface area contributed by atoms with Crippen LogP contribution in [0.4, 0.5) is 18.9 Å². The number of ether oxygens (including phenoxy) is 1. The van der Waals surface area contributed by atoms with Gasteiger partial charge in [-0.25, -0.2) is 0 Å². The van der Waals surface area contributed by atoms with Crippen LogP contribution in [-0.2, 0) is 13.0 Å². The highest BCUT2D eigenvalue weighted by atomic mass is 19.4. The third-order valence-corrected chi connectivity index (χ3v) is 1.95. The van der Waals surface area contributed by atoms with Crippen molar-refractivity contribution in [3.05, 3.63) is 17.5 Å². The van der Waals surface area contributed by atoms with Gasteiger partial charge in [-0.05, 0) is 0 Å². The highest BCUT2D eigenvalue weighted by Gasteiger charge is 2.32. The van der Waals surface area contributed by atoms with Crippen molar-refractivity contribution < 1.29 is 17.9 Å². The molecule has 0 aliphatic heterocycles. The lowest BCUT2D eigenvalue weighted by Crippen LogP contribution is -2.19. The maximum absolute atomic E-state index is 12.0. The van der Waals surface area contributed by atoms with Crippen LogP contribution in [0, 0.1) is 11.3 Å². The molecular formula is C9H9F3N4O. The van der Waals surface area contributed by atoms with Gasteiger partial charge in [0.15, 0.2) is 5.75 Å². The second-order valence-electron chi connectivity index (χ2n) is 3.05. The Morgan fingerprint density at radius 3 is 2.59 bits per heavy atom. The number of hydrogen-bond acceptors (Lipinski definition) is 5. The van der Waals surface area contributed by atoms with Crippen LogP contribution in [0.5, 0.6) is 5.75 Å². The van der Waals surface area contributed by atoms with E-state index < -0.39 is 12.1 Å². The van der Waals surface area contributed by atoms with Gasteiger partial charge in [-0.2, -0.15) is 5.26 Å². The normalized spacial score (nSPS) is 11.0. The number of anilines is 1. The number of hydrogen-bond donors (Lipinski definition) is 2. The van der Waals surface area contributed by atoms with E-state index >= 15 is 0 Å². The first-order chi connectivity index (χ1) is 7.89. The molecule has 17 heavy (non-hydrogen) atoms. The van der Waals surface area contributed by atoms with E-state index in [4.69, 9.17) is 16.7 Å². The number of pyridine rings is 1. The van der Waals surface area contributed by atoms with Gasteiger partial charge in [0, 0.05) is 12.1 Å². The third kappa shape index (κ3) is 3.22. The van der Waals surface area contributed by atoms with Crippen molar-refractivity contribution in [1.82, 2.24) is 4.98 Å². The number of nitriles is 1. The quantitative estimate of drug-likeness (QED) is 0.831. The monoisotopic (exact) mass is 246 g/mol. The Bertz CT molecular complexity index is 453. The van der Waals surface area contributed by atoms with E-state index in [0.29, 0.717) is 0 Å². The molecule has 1 rings (SSSR count). The summed E-state index contributed by atoms with van der Waals surface area (Å²) in [5, 5.41) is 8.50. The number of alkyl halides is 3. The summed E-state index contributed by atoms with van der Waals surface area (Å²) in [6.45, 7) is -0.120. The maximum atomic E-state index is 12.0. The molecule has 0 aromatic carbocycles. The third-order valence-electron chi connectivity index (χ3n) is 1.95. The van der Waals surface area contributed by atoms with E-state index in [1.165, 1.54) is 0 Å². The molecule has 1 heterocycles. The maximum Gasteiger partial charge on any atom is 0.573 e. The molecule has 8 heteroatoms. The smallest absolute Gasteiger partial charge is 0.402 e. The van der Waals surface area contributed by atoms with Crippen molar-refractivity contribution in [2.24, 2.45) is 5.73 Å². The fourth-order valence-corrected chi connectivity index (χ4v) is 1.25. The predicted octanol–water partition coefficient (Wildman–Crippen LogP) is 1.09. The average Bonchev–Trinajstić information content (AvgIpc) is 2.21. The lowest BCUT2D eigenvalue weighted by atomic mass is 10.1. The minimum atomic E-state index is -4.85. The van der Waals surface area contributed by atoms with E-state index in [0.717, 1.165) is 6.20 Å². The summed E-state index contributed by atoms with van der Waals surface area (Å²) in [5.41, 5.74) is 11.0. The summed E-state index contributed by atoms with van der Waals surface area (Å²) in [6.07, 6.45) is -4.10. The van der Waals surface area contributed by atoms with Gasteiger partial charge < -0.3 is 16.2 Å². The number of nitrogens with zero attached hydrogens (tertiary/aromatic N) is 2. The molecule has 0 radical (unpaired) electrons. The minimum absolute atomic E-state index is 0.0803. The lowest BCUT2D eigenvalue weighted by Gasteiger charge is -2.14. The van der Waals surface area contributed by atoms with E-state index in [2.05, 4.69) is 9.72 Å². The lowest BCUT2D eigenvalue weighted by molar-refractivity contribution is -0.274. The minimum Gasteiger partial charge on any atom is -0.402 e. The van der Waals surface area contributed by atoms with Crippen LogP contribution >= 0.6 is 0 Å². The molecule has 0 spiro atoms. The Labute approximate surface area is 94.8 Å². The van der Waals surface area contributed by atoms with Crippen LogP contribution in [0.15, 0.2) is 6.20 Å². The van der Waals surface area contributed by atoms with Crippen molar-refractivity contribution in [3.63, 3.8) is 0 Å². The van der Waals surface area contributed by atoms with Gasteiger partial charge in [-0.15, -0.1) is 13.2 Å². The topological polar surface area (TPSA) is 97.9 Å². The SMILES string of the molecule is N#CCc1ncc(OC(F)(F)F)c(N)c1CN. The molecule has 0 aliphatic rings. The van der Waals surface area contributed by atoms with Gasteiger partial charge in [0.1, 0.15) is 0 Å². The molecule has 1 aromatic heterocycles. The standard InChI is InChI=1S/C9H9F3N4O/c10-9(11,12)17-7-4-16-6(1-2-13)5(3-14)8(7)15/h4H,1,3,14H2,(H2,15,16). The largest absolute Gasteiger partial charge is 0.573 e. The molecule has 0 bridgehead atoms. The molecule has 92 valence electrons. The van der Waals surface area contributed by atoms with Gasteiger partial charge in [-0.1, -0.05) is 0 Å². The average molecular weight is 246 g/mol. The van der Waals surface area contributed by atoms with Crippen LogP contribution in [0.1, 0.15) is 11.3 Å². The van der Waals surface area contributed by atoms with Crippen molar-refractivity contribution in [3.8, 4) is 11.8 Å². The van der Waals surface area contributed by atoms with E-state index in [1.54, 1.807) is 0 Å². The molecule has 5 nitrogen and oxygen atoms in total. The highest BCUT2D eigenvalue weighted by molar-refractivity contribution is 5.59. The summed E-state index contributed by atoms with van der Waals surface area (Å²) in [5.74, 6) is -0.611. The second kappa shape index (κ2) is 4.88. The number of nitrogens with two attached hydrogens (primary N) is 2. The molecule has 0 saturated heterocycles. The van der Waals surface area contributed by atoms with Crippen molar-refractivity contribution in [1.29, 1.82) is 5.26 Å². The van der Waals surface area contributed by atoms with Gasteiger partial charge in [-0.3, -0.25) is 4.98 Å². The zero-order valence-electron chi connectivity index (χ0n) is 8.58. The summed E-state index contributed by atoms with van der Waals surface area (Å²) in [4.78, 5) is 3.68. The van der Waals surface area contributed by atoms with Crippen molar-refractivity contribution >= 4 is 5.69 Å². The van der Waals surface area contributed by atoms with Crippen LogP contribution in [0.2, 0.25) is 0 Å². The van der Waals surface area contributed by atoms with Crippen LogP contribution < -0.4 is 16.2 Å². The summed E-state index contributed by atoms with van der Waals surface area (Å²) < 4.78 is 39.7. The summed E-state index contributed by atoms with van der Waals surface area (Å²) in [7, 11) is 0. The Balaban J connectivity index is 3.16. The van der Waals surface area contributed by atoms with Gasteiger partial charge in [0.05, 0.1) is 30.1 Å². The van der Waals surface area contributed by atoms with Gasteiger partial charge in [0.2, 0.25) is 0 Å². The van der Waals surface area contributed by atoms with E-state index in [-0.39, 0.29) is 29.9 Å². The first-order valence-electron chi connectivity index (χ1n) is 4.48. The molecule has 1 aromatic rings. The first-order valence-corrected chi connectivity index (χ1v) is 4.48. The Hall–Kier alpha value is -2.01. The van der Waals surface area contributed by atoms with Crippen molar-refractivity contribution in [2.75, 3.05) is 5.73 Å². The van der Waals surface area contributed by atoms with Crippen LogP contribution in [0.3, 0.4) is 0 Å². The predicted molar refractivity (Wildman–Crippen MR) is 52.5 cm³/mol. The molecular weight excluding hydrogens is 237 g/mol. The van der Waals surface area contributed by atoms with E-state index in [9.17, 15) is 13.2 Å². The number of aromatic nitrogens is 1. The molecule has 0 aliphatic carbocycles. The Kier molecular flexibility index (Phi) is 3.75. The zero-order valence-corrected chi connectivity index (χ0v) is 8.58. The fraction of sp³-hybridized carbons (Fsp3) is 0.333. The molecule has 4 N–H and O–H groups in total. The van der Waals surface area contributed by atoms with Crippen LogP contribution in [0.25, 0.3) is 0 Å². The number of rotatable bonds is 3. The van der Waals surface area contributed by atoms with Gasteiger partial charge in [0.25, 0.3) is 0 Å². The summed E-state index contributed by atoms with van der Waals surface area (Å²) >= 11 is 0. The molecule has 0 fully saturated rings. The Morgan fingerprint density at radius 1 is 1.47 bits per heavy atom. The van der Waals surface area contributed by atoms with Gasteiger partial charge >= 0.3 is 6.36 Å². The van der Waals surface area contributed by atoms with Crippen molar-refractivity contribution in [2.45, 2.75) is 19.3 Å². The fourth-order valence-electron chi connectivity index (χ4n) is 1.25. The van der Waals surface area contributed by atoms with Crippen LogP contribution in [-0.4, -0.2) is 11.3 Å². The summed E-state index contributed by atoms with van der Waals surface area (Å²) in [6, 6.07) is 1.82. The molecule has 0 unspecified atom stereocenters. The molecule has 0 atom stereocenters.